The third-order valence-electron chi connectivity index (χ3n) is 4.59. The summed E-state index contributed by atoms with van der Waals surface area (Å²) < 4.78 is 56.4. The molecule has 0 aliphatic rings. The Morgan fingerprint density at radius 2 is 1.53 bits per heavy atom. The largest absolute Gasteiger partial charge is 0.403 e. The lowest BCUT2D eigenvalue weighted by atomic mass is 10.2. The Bertz CT molecular complexity index is 1570. The molecule has 34 heavy (non-hydrogen) atoms. The minimum Gasteiger partial charge on any atom is -0.403 e. The van der Waals surface area contributed by atoms with E-state index < -0.39 is 25.8 Å². The summed E-state index contributed by atoms with van der Waals surface area (Å²) in [7, 11) is -7.25. The molecule has 0 atom stereocenters. The Balaban J connectivity index is 1.50. The van der Waals surface area contributed by atoms with Crippen LogP contribution in [0.5, 0.6) is 0 Å². The van der Waals surface area contributed by atoms with Crippen molar-refractivity contribution in [3.8, 4) is 11.5 Å². The fourth-order valence-corrected chi connectivity index (χ4v) is 4.69. The first-order chi connectivity index (χ1) is 16.1. The number of aromatic nitrogens is 2. The van der Waals surface area contributed by atoms with Crippen molar-refractivity contribution >= 4 is 37.5 Å². The van der Waals surface area contributed by atoms with E-state index in [0.29, 0.717) is 5.56 Å². The van der Waals surface area contributed by atoms with Gasteiger partial charge in [-0.25, -0.2) is 16.8 Å². The normalized spacial score (nSPS) is 11.7. The summed E-state index contributed by atoms with van der Waals surface area (Å²) in [6, 6.07) is 19.5. The summed E-state index contributed by atoms with van der Waals surface area (Å²) in [5.74, 6) is -0.592. The smallest absolute Gasteiger partial charge is 0.322 e. The van der Waals surface area contributed by atoms with Gasteiger partial charge in [0.2, 0.25) is 5.89 Å². The second-order valence-electron chi connectivity index (χ2n) is 7.17. The van der Waals surface area contributed by atoms with Crippen molar-refractivity contribution < 1.29 is 26.0 Å². The number of sulfonamides is 1. The van der Waals surface area contributed by atoms with Gasteiger partial charge >= 0.3 is 6.01 Å². The van der Waals surface area contributed by atoms with Crippen molar-refractivity contribution in [3.63, 3.8) is 0 Å². The lowest BCUT2D eigenvalue weighted by Gasteiger charge is -2.09. The van der Waals surface area contributed by atoms with Crippen molar-refractivity contribution in [2.75, 3.05) is 16.3 Å². The molecule has 0 fully saturated rings. The van der Waals surface area contributed by atoms with Gasteiger partial charge < -0.3 is 4.42 Å². The summed E-state index contributed by atoms with van der Waals surface area (Å²) in [4.78, 5) is 12.8. The van der Waals surface area contributed by atoms with Crippen molar-refractivity contribution in [3.05, 3.63) is 84.4 Å². The molecule has 0 bridgehead atoms. The zero-order valence-electron chi connectivity index (χ0n) is 17.7. The molecule has 4 aromatic rings. The number of hydrogen-bond acceptors (Lipinski definition) is 8. The van der Waals surface area contributed by atoms with E-state index in [1.165, 1.54) is 54.6 Å². The maximum Gasteiger partial charge on any atom is 0.322 e. The molecule has 1 heterocycles. The lowest BCUT2D eigenvalue weighted by Crippen LogP contribution is -2.15. The maximum absolute atomic E-state index is 12.6. The number of anilines is 2. The fraction of sp³-hybridized carbons (Fsp3) is 0.0455. The van der Waals surface area contributed by atoms with Crippen LogP contribution in [0.3, 0.4) is 0 Å². The number of sulfone groups is 1. The van der Waals surface area contributed by atoms with Crippen molar-refractivity contribution in [1.29, 1.82) is 0 Å². The van der Waals surface area contributed by atoms with E-state index in [2.05, 4.69) is 20.2 Å². The summed E-state index contributed by atoms with van der Waals surface area (Å²) >= 11 is 0. The molecule has 12 heteroatoms. The number of nitrogens with zero attached hydrogens (tertiary/aromatic N) is 2. The molecule has 0 aliphatic carbocycles. The van der Waals surface area contributed by atoms with Gasteiger partial charge in [-0.3, -0.25) is 14.8 Å². The number of amides is 1. The van der Waals surface area contributed by atoms with E-state index in [4.69, 9.17) is 4.42 Å². The highest BCUT2D eigenvalue weighted by Gasteiger charge is 2.17. The molecule has 0 saturated carbocycles. The lowest BCUT2D eigenvalue weighted by molar-refractivity contribution is 0.102. The predicted octanol–water partition coefficient (Wildman–Crippen LogP) is 3.19. The van der Waals surface area contributed by atoms with Crippen LogP contribution in [0.1, 0.15) is 10.4 Å². The molecule has 2 N–H and O–H groups in total. The number of nitrogens with one attached hydrogen (secondary N) is 2. The van der Waals surface area contributed by atoms with Crippen LogP contribution in [0.25, 0.3) is 11.5 Å². The molecule has 1 amide bonds. The van der Waals surface area contributed by atoms with Crippen LogP contribution in [0, 0.1) is 0 Å². The van der Waals surface area contributed by atoms with E-state index in [9.17, 15) is 21.6 Å². The fourth-order valence-electron chi connectivity index (χ4n) is 2.96. The average molecular weight is 499 g/mol. The SMILES string of the molecule is CS(=O)(=O)c1cccc(-c2nnc(NC(=O)c3cccc(NS(=O)(=O)c4ccccc4)c3)o2)c1. The second kappa shape index (κ2) is 9.08. The summed E-state index contributed by atoms with van der Waals surface area (Å²) in [6.07, 6.45) is 1.08. The van der Waals surface area contributed by atoms with Crippen LogP contribution in [0.15, 0.2) is 93.1 Å². The van der Waals surface area contributed by atoms with E-state index in [-0.39, 0.29) is 32.9 Å². The molecule has 0 saturated heterocycles. The van der Waals surface area contributed by atoms with Crippen LogP contribution in [-0.2, 0) is 19.9 Å². The zero-order chi connectivity index (χ0) is 24.3. The summed E-state index contributed by atoms with van der Waals surface area (Å²) in [5, 5.41) is 10.0. The number of benzene rings is 3. The van der Waals surface area contributed by atoms with Gasteiger partial charge in [0.25, 0.3) is 15.9 Å². The minimum absolute atomic E-state index is 0.0187. The van der Waals surface area contributed by atoms with Gasteiger partial charge in [-0.15, -0.1) is 5.10 Å². The maximum atomic E-state index is 12.6. The second-order valence-corrected chi connectivity index (χ2v) is 10.9. The first-order valence-electron chi connectivity index (χ1n) is 9.75. The van der Waals surface area contributed by atoms with Gasteiger partial charge in [0.15, 0.2) is 9.84 Å². The van der Waals surface area contributed by atoms with E-state index in [1.807, 2.05) is 0 Å². The highest BCUT2D eigenvalue weighted by Crippen LogP contribution is 2.23. The zero-order valence-corrected chi connectivity index (χ0v) is 19.3. The monoisotopic (exact) mass is 498 g/mol. The molecule has 10 nitrogen and oxygen atoms in total. The Hall–Kier alpha value is -4.03. The van der Waals surface area contributed by atoms with Crippen LogP contribution in [0.4, 0.5) is 11.7 Å². The summed E-state index contributed by atoms with van der Waals surface area (Å²) in [6.45, 7) is 0. The van der Waals surface area contributed by atoms with Crippen LogP contribution < -0.4 is 10.0 Å². The highest BCUT2D eigenvalue weighted by molar-refractivity contribution is 7.92. The van der Waals surface area contributed by atoms with Crippen LogP contribution in [0.2, 0.25) is 0 Å². The van der Waals surface area contributed by atoms with Gasteiger partial charge in [-0.2, -0.15) is 0 Å². The average Bonchev–Trinajstić information content (AvgIpc) is 3.27. The van der Waals surface area contributed by atoms with Gasteiger partial charge in [-0.1, -0.05) is 35.4 Å². The standard InChI is InChI=1S/C22H18N4O6S2/c1-33(28,29)19-12-6-8-16(14-19)21-24-25-22(32-21)23-20(27)15-7-5-9-17(13-15)26-34(30,31)18-10-3-2-4-11-18/h2-14,26H,1H3,(H,23,25,27). The Labute approximate surface area is 195 Å². The number of carbonyl (C=O) groups is 1. The Kier molecular flexibility index (Phi) is 6.18. The van der Waals surface area contributed by atoms with E-state index in [1.54, 1.807) is 24.3 Å². The van der Waals surface area contributed by atoms with Crippen molar-refractivity contribution in [1.82, 2.24) is 10.2 Å². The Morgan fingerprint density at radius 1 is 0.824 bits per heavy atom. The predicted molar refractivity (Wildman–Crippen MR) is 124 cm³/mol. The third kappa shape index (κ3) is 5.30. The molecule has 0 spiro atoms. The molecule has 0 radical (unpaired) electrons. The number of hydrogen-bond donors (Lipinski definition) is 2. The molecule has 174 valence electrons. The Morgan fingerprint density at radius 3 is 2.26 bits per heavy atom. The third-order valence-corrected chi connectivity index (χ3v) is 7.09. The molecular weight excluding hydrogens is 480 g/mol. The van der Waals surface area contributed by atoms with Crippen LogP contribution >= 0.6 is 0 Å². The van der Waals surface area contributed by atoms with Gasteiger partial charge in [0, 0.05) is 23.1 Å². The van der Waals surface area contributed by atoms with E-state index in [0.717, 1.165) is 6.26 Å². The first kappa shape index (κ1) is 23.1. The minimum atomic E-state index is -3.82. The molecule has 3 aromatic carbocycles. The molecular formula is C22H18N4O6S2. The molecule has 0 unspecified atom stereocenters. The molecule has 4 rings (SSSR count). The van der Waals surface area contributed by atoms with Gasteiger partial charge in [0.05, 0.1) is 9.79 Å². The van der Waals surface area contributed by atoms with Crippen molar-refractivity contribution in [2.24, 2.45) is 0 Å². The summed E-state index contributed by atoms with van der Waals surface area (Å²) in [5.41, 5.74) is 0.709. The highest BCUT2D eigenvalue weighted by atomic mass is 32.2. The molecule has 1 aromatic heterocycles. The topological polar surface area (TPSA) is 148 Å². The number of rotatable bonds is 7. The van der Waals surface area contributed by atoms with Crippen LogP contribution in [-0.4, -0.2) is 39.2 Å². The van der Waals surface area contributed by atoms with Gasteiger partial charge in [0.1, 0.15) is 0 Å². The number of carbonyl (C=O) groups excluding carboxylic acids is 1. The quantitative estimate of drug-likeness (QED) is 0.395. The van der Waals surface area contributed by atoms with E-state index >= 15 is 0 Å². The van der Waals surface area contributed by atoms with Crippen molar-refractivity contribution in [2.45, 2.75) is 9.79 Å². The molecule has 0 aliphatic heterocycles. The van der Waals surface area contributed by atoms with Gasteiger partial charge in [-0.05, 0) is 48.5 Å². The first-order valence-corrected chi connectivity index (χ1v) is 13.1.